The van der Waals surface area contributed by atoms with Gasteiger partial charge in [0.25, 0.3) is 0 Å². The van der Waals surface area contributed by atoms with Crippen LogP contribution in [0.5, 0.6) is 0 Å². The maximum Gasteiger partial charge on any atom is 0.188 e. The standard InChI is InChI=1S/C15H20N4S/c1-11-9-16-15(20-11)18-14-7-3-6-13(17-14)12-5-4-8-19(2)10-12/h3,6-7,9,12H,4-5,8,10H2,1-2H3,(H,16,17,18)/t12-/m0/s1. The molecule has 2 aromatic heterocycles. The molecule has 0 aromatic carbocycles. The SMILES string of the molecule is Cc1cnc(Nc2cccc([C@H]3CCCN(C)C3)n2)s1. The number of piperidine rings is 1. The Kier molecular flexibility index (Phi) is 3.98. The van der Waals surface area contributed by atoms with Gasteiger partial charge in [-0.25, -0.2) is 9.97 Å². The van der Waals surface area contributed by atoms with Gasteiger partial charge in [0.05, 0.1) is 0 Å². The molecule has 1 N–H and O–H groups in total. The highest BCUT2D eigenvalue weighted by Gasteiger charge is 2.20. The van der Waals surface area contributed by atoms with Crippen LogP contribution in [0.4, 0.5) is 10.9 Å². The molecule has 20 heavy (non-hydrogen) atoms. The second-order valence-corrected chi connectivity index (χ2v) is 6.68. The minimum atomic E-state index is 0.550. The van der Waals surface area contributed by atoms with Crippen molar-refractivity contribution in [2.45, 2.75) is 25.7 Å². The molecule has 4 nitrogen and oxygen atoms in total. The summed E-state index contributed by atoms with van der Waals surface area (Å²) in [5, 5.41) is 4.21. The first-order chi connectivity index (χ1) is 9.70. The van der Waals surface area contributed by atoms with Crippen LogP contribution in [-0.4, -0.2) is 35.0 Å². The third-order valence-corrected chi connectivity index (χ3v) is 4.50. The van der Waals surface area contributed by atoms with E-state index in [4.69, 9.17) is 4.98 Å². The number of hydrogen-bond acceptors (Lipinski definition) is 5. The average molecular weight is 288 g/mol. The van der Waals surface area contributed by atoms with Gasteiger partial charge in [0.2, 0.25) is 0 Å². The average Bonchev–Trinajstić information content (AvgIpc) is 2.84. The Morgan fingerprint density at radius 3 is 3.05 bits per heavy atom. The lowest BCUT2D eigenvalue weighted by atomic mass is 9.95. The summed E-state index contributed by atoms with van der Waals surface area (Å²) in [7, 11) is 2.19. The molecule has 1 fully saturated rings. The minimum Gasteiger partial charge on any atom is -0.316 e. The maximum absolute atomic E-state index is 4.76. The van der Waals surface area contributed by atoms with Gasteiger partial charge < -0.3 is 10.2 Å². The van der Waals surface area contributed by atoms with Crippen LogP contribution in [0.25, 0.3) is 0 Å². The zero-order chi connectivity index (χ0) is 13.9. The normalized spacial score (nSPS) is 20.0. The lowest BCUT2D eigenvalue weighted by Crippen LogP contribution is -2.31. The number of aryl methyl sites for hydroxylation is 1. The van der Waals surface area contributed by atoms with Gasteiger partial charge in [0.15, 0.2) is 5.13 Å². The molecule has 0 saturated carbocycles. The number of thiazole rings is 1. The summed E-state index contributed by atoms with van der Waals surface area (Å²) >= 11 is 1.65. The van der Waals surface area contributed by atoms with Crippen LogP contribution in [0, 0.1) is 6.92 Å². The highest BCUT2D eigenvalue weighted by molar-refractivity contribution is 7.15. The van der Waals surface area contributed by atoms with Gasteiger partial charge in [-0.05, 0) is 45.5 Å². The topological polar surface area (TPSA) is 41.1 Å². The van der Waals surface area contributed by atoms with Gasteiger partial charge in [-0.2, -0.15) is 0 Å². The summed E-state index contributed by atoms with van der Waals surface area (Å²) in [6, 6.07) is 6.23. The Bertz CT molecular complexity index is 581. The first-order valence-electron chi connectivity index (χ1n) is 7.05. The Labute approximate surface area is 123 Å². The fourth-order valence-electron chi connectivity index (χ4n) is 2.68. The molecule has 2 aromatic rings. The van der Waals surface area contributed by atoms with Gasteiger partial charge in [0.1, 0.15) is 5.82 Å². The second kappa shape index (κ2) is 5.89. The molecular formula is C15H20N4S. The Hall–Kier alpha value is -1.46. The van der Waals surface area contributed by atoms with Crippen LogP contribution in [0.3, 0.4) is 0 Å². The number of anilines is 2. The molecule has 1 aliphatic heterocycles. The fourth-order valence-corrected chi connectivity index (χ4v) is 3.35. The lowest BCUT2D eigenvalue weighted by molar-refractivity contribution is 0.248. The molecule has 1 atom stereocenters. The number of pyridine rings is 1. The Morgan fingerprint density at radius 2 is 2.30 bits per heavy atom. The van der Waals surface area contributed by atoms with Crippen molar-refractivity contribution in [3.05, 3.63) is 35.0 Å². The van der Waals surface area contributed by atoms with Crippen LogP contribution in [0.2, 0.25) is 0 Å². The quantitative estimate of drug-likeness (QED) is 0.940. The monoisotopic (exact) mass is 288 g/mol. The molecule has 1 saturated heterocycles. The first-order valence-corrected chi connectivity index (χ1v) is 7.87. The molecule has 5 heteroatoms. The molecule has 3 heterocycles. The molecule has 0 bridgehead atoms. The van der Waals surface area contributed by atoms with Crippen molar-refractivity contribution in [2.75, 3.05) is 25.5 Å². The first kappa shape index (κ1) is 13.5. The summed E-state index contributed by atoms with van der Waals surface area (Å²) in [4.78, 5) is 12.7. The largest absolute Gasteiger partial charge is 0.316 e. The summed E-state index contributed by atoms with van der Waals surface area (Å²) in [5.74, 6) is 1.44. The van der Waals surface area contributed by atoms with E-state index in [-0.39, 0.29) is 0 Å². The number of hydrogen-bond donors (Lipinski definition) is 1. The molecule has 106 valence electrons. The fraction of sp³-hybridized carbons (Fsp3) is 0.467. The Balaban J connectivity index is 1.75. The van der Waals surface area contributed by atoms with Crippen molar-refractivity contribution in [2.24, 2.45) is 0 Å². The zero-order valence-corrected chi connectivity index (χ0v) is 12.8. The van der Waals surface area contributed by atoms with Crippen molar-refractivity contribution >= 4 is 22.3 Å². The lowest BCUT2D eigenvalue weighted by Gasteiger charge is -2.29. The van der Waals surface area contributed by atoms with Gasteiger partial charge in [-0.1, -0.05) is 6.07 Å². The minimum absolute atomic E-state index is 0.550. The number of rotatable bonds is 3. The van der Waals surface area contributed by atoms with E-state index in [0.29, 0.717) is 5.92 Å². The number of nitrogens with one attached hydrogen (secondary N) is 1. The van der Waals surface area contributed by atoms with Gasteiger partial charge in [-0.3, -0.25) is 0 Å². The van der Waals surface area contributed by atoms with Gasteiger partial charge in [-0.15, -0.1) is 11.3 Å². The molecule has 0 unspecified atom stereocenters. The predicted octanol–water partition coefficient (Wildman–Crippen LogP) is 3.40. The van der Waals surface area contributed by atoms with E-state index in [2.05, 4.69) is 41.3 Å². The van der Waals surface area contributed by atoms with Crippen molar-refractivity contribution in [1.82, 2.24) is 14.9 Å². The third-order valence-electron chi connectivity index (χ3n) is 3.67. The van der Waals surface area contributed by atoms with Crippen molar-refractivity contribution in [3.8, 4) is 0 Å². The number of nitrogens with zero attached hydrogens (tertiary/aromatic N) is 3. The number of likely N-dealkylation sites (tertiary alicyclic amines) is 1. The summed E-state index contributed by atoms with van der Waals surface area (Å²) in [5.41, 5.74) is 1.19. The maximum atomic E-state index is 4.76. The van der Waals surface area contributed by atoms with E-state index in [1.807, 2.05) is 12.3 Å². The zero-order valence-electron chi connectivity index (χ0n) is 12.0. The van der Waals surface area contributed by atoms with Crippen LogP contribution in [0.15, 0.2) is 24.4 Å². The van der Waals surface area contributed by atoms with E-state index in [0.717, 1.165) is 17.5 Å². The van der Waals surface area contributed by atoms with Gasteiger partial charge in [0, 0.05) is 29.2 Å². The Morgan fingerprint density at radius 1 is 1.40 bits per heavy atom. The highest BCUT2D eigenvalue weighted by atomic mass is 32.1. The summed E-state index contributed by atoms with van der Waals surface area (Å²) in [6.45, 7) is 4.37. The number of aromatic nitrogens is 2. The van der Waals surface area contributed by atoms with Gasteiger partial charge >= 0.3 is 0 Å². The molecule has 3 rings (SSSR count). The molecular weight excluding hydrogens is 268 g/mol. The van der Waals surface area contributed by atoms with Crippen LogP contribution in [-0.2, 0) is 0 Å². The molecule has 1 aliphatic rings. The van der Waals surface area contributed by atoms with Crippen molar-refractivity contribution in [3.63, 3.8) is 0 Å². The molecule has 0 amide bonds. The van der Waals surface area contributed by atoms with E-state index in [1.165, 1.54) is 30.0 Å². The summed E-state index contributed by atoms with van der Waals surface area (Å²) in [6.07, 6.45) is 4.37. The highest BCUT2D eigenvalue weighted by Crippen LogP contribution is 2.27. The van der Waals surface area contributed by atoms with Crippen LogP contribution < -0.4 is 5.32 Å². The second-order valence-electron chi connectivity index (χ2n) is 5.45. The molecule has 0 spiro atoms. The number of likely N-dealkylation sites (N-methyl/N-ethyl adjacent to an activating group) is 1. The van der Waals surface area contributed by atoms with Crippen LogP contribution in [0.1, 0.15) is 29.3 Å². The van der Waals surface area contributed by atoms with E-state index in [1.54, 1.807) is 11.3 Å². The molecule has 0 radical (unpaired) electrons. The molecule has 0 aliphatic carbocycles. The van der Waals surface area contributed by atoms with E-state index in [9.17, 15) is 0 Å². The third kappa shape index (κ3) is 3.16. The van der Waals surface area contributed by atoms with E-state index < -0.39 is 0 Å². The van der Waals surface area contributed by atoms with Crippen LogP contribution >= 0.6 is 11.3 Å². The van der Waals surface area contributed by atoms with E-state index >= 15 is 0 Å². The van der Waals surface area contributed by atoms with Crippen molar-refractivity contribution < 1.29 is 0 Å². The van der Waals surface area contributed by atoms with Crippen molar-refractivity contribution in [1.29, 1.82) is 0 Å². The smallest absolute Gasteiger partial charge is 0.188 e. The summed E-state index contributed by atoms with van der Waals surface area (Å²) < 4.78 is 0. The predicted molar refractivity (Wildman–Crippen MR) is 83.8 cm³/mol.